The molecule has 2 atom stereocenters. The topological polar surface area (TPSA) is 9.23 Å². The van der Waals surface area contributed by atoms with Crippen molar-refractivity contribution in [1.29, 1.82) is 0 Å². The van der Waals surface area contributed by atoms with Crippen molar-refractivity contribution in [2.45, 2.75) is 38.9 Å². The molecule has 2 aromatic heterocycles. The zero-order valence-electron chi connectivity index (χ0n) is 10.3. The van der Waals surface area contributed by atoms with E-state index in [9.17, 15) is 0 Å². The van der Waals surface area contributed by atoms with Crippen LogP contribution in [-0.2, 0) is 17.6 Å². The summed E-state index contributed by atoms with van der Waals surface area (Å²) in [6, 6.07) is 8.55. The molecule has 0 aliphatic heterocycles. The molecule has 0 N–H and O–H groups in total. The van der Waals surface area contributed by atoms with E-state index in [2.05, 4.69) is 48.9 Å². The van der Waals surface area contributed by atoms with E-state index in [0.717, 1.165) is 12.8 Å². The van der Waals surface area contributed by atoms with Crippen LogP contribution in [0.25, 0.3) is 0 Å². The Morgan fingerprint density at radius 1 is 0.941 bits per heavy atom. The zero-order chi connectivity index (χ0) is 12.1. The van der Waals surface area contributed by atoms with Crippen molar-refractivity contribution in [2.24, 2.45) is 0 Å². The number of hydrogen-bond donors (Lipinski definition) is 0. The fourth-order valence-corrected chi connectivity index (χ4v) is 3.56. The molecular weight excluding hydrogens is 248 g/mol. The smallest absolute Gasteiger partial charge is 0.0598 e. The van der Waals surface area contributed by atoms with Crippen LogP contribution < -0.4 is 0 Å². The molecule has 0 amide bonds. The molecule has 1 nitrogen and oxygen atoms in total. The first-order valence-electron chi connectivity index (χ1n) is 5.94. The first-order valence-corrected chi connectivity index (χ1v) is 7.70. The number of hydrogen-bond acceptors (Lipinski definition) is 3. The van der Waals surface area contributed by atoms with Crippen molar-refractivity contribution in [3.63, 3.8) is 0 Å². The van der Waals surface area contributed by atoms with Gasteiger partial charge in [-0.1, -0.05) is 12.1 Å². The number of ether oxygens (including phenoxy) is 1. The summed E-state index contributed by atoms with van der Waals surface area (Å²) < 4.78 is 6.01. The van der Waals surface area contributed by atoms with E-state index in [1.54, 1.807) is 22.7 Å². The molecule has 0 saturated carbocycles. The monoisotopic (exact) mass is 266 g/mol. The summed E-state index contributed by atoms with van der Waals surface area (Å²) in [5.41, 5.74) is 0. The summed E-state index contributed by atoms with van der Waals surface area (Å²) in [5.74, 6) is 0. The summed E-state index contributed by atoms with van der Waals surface area (Å²) in [7, 11) is 0. The summed E-state index contributed by atoms with van der Waals surface area (Å²) in [4.78, 5) is 2.81. The van der Waals surface area contributed by atoms with Crippen molar-refractivity contribution in [2.75, 3.05) is 0 Å². The Labute approximate surface area is 111 Å². The molecule has 0 radical (unpaired) electrons. The summed E-state index contributed by atoms with van der Waals surface area (Å²) in [6.45, 7) is 4.31. The Kier molecular flexibility index (Phi) is 4.77. The minimum atomic E-state index is 0.295. The second-order valence-electron chi connectivity index (χ2n) is 4.32. The third-order valence-electron chi connectivity index (χ3n) is 2.60. The standard InChI is InChI=1S/C14H18OS2/c1-11(9-13-5-3-7-16-13)15-12(2)10-14-6-4-8-17-14/h3-8,11-12H,9-10H2,1-2H3. The van der Waals surface area contributed by atoms with E-state index >= 15 is 0 Å². The normalized spacial score (nSPS) is 14.7. The molecular formula is C14H18OS2. The van der Waals surface area contributed by atoms with Gasteiger partial charge in [0.05, 0.1) is 12.2 Å². The lowest BCUT2D eigenvalue weighted by atomic mass is 10.2. The van der Waals surface area contributed by atoms with Crippen LogP contribution in [0.4, 0.5) is 0 Å². The lowest BCUT2D eigenvalue weighted by Crippen LogP contribution is -2.20. The van der Waals surface area contributed by atoms with E-state index in [1.165, 1.54) is 9.75 Å². The molecule has 2 unspecified atom stereocenters. The van der Waals surface area contributed by atoms with Gasteiger partial charge in [0, 0.05) is 22.6 Å². The Morgan fingerprint density at radius 3 is 1.76 bits per heavy atom. The number of rotatable bonds is 6. The van der Waals surface area contributed by atoms with Crippen LogP contribution in [0.3, 0.4) is 0 Å². The van der Waals surface area contributed by atoms with Gasteiger partial charge >= 0.3 is 0 Å². The maximum Gasteiger partial charge on any atom is 0.0598 e. The van der Waals surface area contributed by atoms with Gasteiger partial charge in [-0.15, -0.1) is 22.7 Å². The molecule has 2 aromatic rings. The van der Waals surface area contributed by atoms with Crippen LogP contribution in [0.1, 0.15) is 23.6 Å². The Morgan fingerprint density at radius 2 is 1.41 bits per heavy atom. The maximum absolute atomic E-state index is 6.01. The molecule has 2 heterocycles. The van der Waals surface area contributed by atoms with E-state index < -0.39 is 0 Å². The van der Waals surface area contributed by atoms with E-state index in [1.807, 2.05) is 0 Å². The molecule has 0 fully saturated rings. The van der Waals surface area contributed by atoms with Gasteiger partial charge in [0.15, 0.2) is 0 Å². The summed E-state index contributed by atoms with van der Waals surface area (Å²) in [6.07, 6.45) is 2.63. The van der Waals surface area contributed by atoms with Crippen LogP contribution in [0.5, 0.6) is 0 Å². The third kappa shape index (κ3) is 4.26. The SMILES string of the molecule is CC(Cc1cccs1)OC(C)Cc1cccs1. The van der Waals surface area contributed by atoms with E-state index in [-0.39, 0.29) is 0 Å². The summed E-state index contributed by atoms with van der Waals surface area (Å²) in [5, 5.41) is 4.24. The van der Waals surface area contributed by atoms with Crippen molar-refractivity contribution >= 4 is 22.7 Å². The zero-order valence-corrected chi connectivity index (χ0v) is 11.9. The highest BCUT2D eigenvalue weighted by molar-refractivity contribution is 7.10. The predicted octanol–water partition coefficient (Wildman–Crippen LogP) is 4.39. The van der Waals surface area contributed by atoms with Crippen molar-refractivity contribution < 1.29 is 4.74 Å². The fraction of sp³-hybridized carbons (Fsp3) is 0.429. The van der Waals surface area contributed by atoms with Gasteiger partial charge in [-0.2, -0.15) is 0 Å². The summed E-state index contributed by atoms with van der Waals surface area (Å²) >= 11 is 3.61. The van der Waals surface area contributed by atoms with Gasteiger partial charge in [-0.25, -0.2) is 0 Å². The van der Waals surface area contributed by atoms with Crippen LogP contribution in [-0.4, -0.2) is 12.2 Å². The highest BCUT2D eigenvalue weighted by Gasteiger charge is 2.11. The second-order valence-corrected chi connectivity index (χ2v) is 6.39. The molecule has 2 rings (SSSR count). The molecule has 0 aliphatic rings. The van der Waals surface area contributed by atoms with E-state index in [0.29, 0.717) is 12.2 Å². The van der Waals surface area contributed by atoms with Gasteiger partial charge in [0.25, 0.3) is 0 Å². The van der Waals surface area contributed by atoms with Gasteiger partial charge < -0.3 is 4.74 Å². The average molecular weight is 266 g/mol. The van der Waals surface area contributed by atoms with Gasteiger partial charge in [-0.3, -0.25) is 0 Å². The molecule has 17 heavy (non-hydrogen) atoms. The quantitative estimate of drug-likeness (QED) is 0.753. The molecule has 0 aromatic carbocycles. The third-order valence-corrected chi connectivity index (χ3v) is 4.40. The molecule has 0 aliphatic carbocycles. The fourth-order valence-electron chi connectivity index (χ4n) is 1.92. The van der Waals surface area contributed by atoms with Gasteiger partial charge in [0.2, 0.25) is 0 Å². The highest BCUT2D eigenvalue weighted by atomic mass is 32.1. The van der Waals surface area contributed by atoms with Crippen LogP contribution >= 0.6 is 22.7 Å². The van der Waals surface area contributed by atoms with Crippen LogP contribution in [0.15, 0.2) is 35.0 Å². The minimum Gasteiger partial charge on any atom is -0.375 e. The molecule has 0 saturated heterocycles. The Balaban J connectivity index is 1.76. The Hall–Kier alpha value is -0.640. The highest BCUT2D eigenvalue weighted by Crippen LogP contribution is 2.16. The largest absolute Gasteiger partial charge is 0.375 e. The molecule has 0 bridgehead atoms. The lowest BCUT2D eigenvalue weighted by Gasteiger charge is -2.18. The molecule has 92 valence electrons. The second kappa shape index (κ2) is 6.34. The minimum absolute atomic E-state index is 0.295. The molecule has 3 heteroatoms. The predicted molar refractivity (Wildman–Crippen MR) is 76.1 cm³/mol. The van der Waals surface area contributed by atoms with Gasteiger partial charge in [-0.05, 0) is 36.7 Å². The van der Waals surface area contributed by atoms with Gasteiger partial charge in [0.1, 0.15) is 0 Å². The van der Waals surface area contributed by atoms with Crippen molar-refractivity contribution in [1.82, 2.24) is 0 Å². The average Bonchev–Trinajstić information content (AvgIpc) is 2.90. The van der Waals surface area contributed by atoms with Crippen LogP contribution in [0.2, 0.25) is 0 Å². The molecule has 0 spiro atoms. The van der Waals surface area contributed by atoms with Crippen LogP contribution in [0, 0.1) is 0 Å². The van der Waals surface area contributed by atoms with E-state index in [4.69, 9.17) is 4.74 Å². The number of thiophene rings is 2. The lowest BCUT2D eigenvalue weighted by molar-refractivity contribution is 0.0102. The van der Waals surface area contributed by atoms with Crippen molar-refractivity contribution in [3.8, 4) is 0 Å². The Bertz CT molecular complexity index is 365. The maximum atomic E-state index is 6.01. The van der Waals surface area contributed by atoms with Crippen molar-refractivity contribution in [3.05, 3.63) is 44.8 Å². The first-order chi connectivity index (χ1) is 8.24. The first kappa shape index (κ1) is 12.8.